The molecule has 1 aliphatic rings. The molecule has 94 valence electrons. The van der Waals surface area contributed by atoms with Gasteiger partial charge in [-0.05, 0) is 43.0 Å². The lowest BCUT2D eigenvalue weighted by molar-refractivity contribution is -0.121. The molecule has 1 aliphatic carbocycles. The van der Waals surface area contributed by atoms with Crippen molar-refractivity contribution in [3.63, 3.8) is 0 Å². The van der Waals surface area contributed by atoms with Crippen molar-refractivity contribution in [2.24, 2.45) is 5.92 Å². The maximum absolute atomic E-state index is 11.5. The van der Waals surface area contributed by atoms with Crippen LogP contribution in [0.1, 0.15) is 25.0 Å². The van der Waals surface area contributed by atoms with Crippen LogP contribution in [0.2, 0.25) is 0 Å². The Balaban J connectivity index is 1.55. The van der Waals surface area contributed by atoms with Gasteiger partial charge in [-0.25, -0.2) is 0 Å². The van der Waals surface area contributed by atoms with Gasteiger partial charge in [0.15, 0.2) is 11.5 Å². The number of hydrogen-bond acceptors (Lipinski definition) is 3. The number of furan rings is 2. The fourth-order valence-corrected chi connectivity index (χ4v) is 1.87. The Labute approximate surface area is 105 Å². The lowest BCUT2D eigenvalue weighted by atomic mass is 10.3. The van der Waals surface area contributed by atoms with Crippen LogP contribution in [0.25, 0.3) is 11.5 Å². The van der Waals surface area contributed by atoms with Gasteiger partial charge >= 0.3 is 0 Å². The van der Waals surface area contributed by atoms with Gasteiger partial charge in [-0.1, -0.05) is 0 Å². The highest BCUT2D eigenvalue weighted by atomic mass is 16.4. The van der Waals surface area contributed by atoms with E-state index in [0.717, 1.165) is 5.76 Å². The molecule has 2 aromatic rings. The van der Waals surface area contributed by atoms with Crippen molar-refractivity contribution >= 4 is 5.91 Å². The summed E-state index contributed by atoms with van der Waals surface area (Å²) in [5, 5.41) is 2.87. The van der Waals surface area contributed by atoms with E-state index in [9.17, 15) is 4.79 Å². The first-order valence-electron chi connectivity index (χ1n) is 6.20. The summed E-state index contributed by atoms with van der Waals surface area (Å²) < 4.78 is 10.8. The van der Waals surface area contributed by atoms with E-state index in [2.05, 4.69) is 5.32 Å². The van der Waals surface area contributed by atoms with Crippen molar-refractivity contribution in [2.75, 3.05) is 0 Å². The smallest absolute Gasteiger partial charge is 0.220 e. The average molecular weight is 245 g/mol. The Morgan fingerprint density at radius 3 is 2.89 bits per heavy atom. The van der Waals surface area contributed by atoms with E-state index >= 15 is 0 Å². The highest BCUT2D eigenvalue weighted by Crippen LogP contribution is 2.32. The van der Waals surface area contributed by atoms with Crippen LogP contribution < -0.4 is 5.32 Å². The molecule has 1 N–H and O–H groups in total. The van der Waals surface area contributed by atoms with Gasteiger partial charge in [0, 0.05) is 6.42 Å². The summed E-state index contributed by atoms with van der Waals surface area (Å²) in [6, 6.07) is 7.36. The zero-order valence-corrected chi connectivity index (χ0v) is 10.0. The standard InChI is InChI=1S/C14H15NO3/c16-14(8-10-3-4-10)15-9-11-5-6-13(18-11)12-2-1-7-17-12/h1-2,5-7,10H,3-4,8-9H2,(H,15,16). The molecule has 2 aromatic heterocycles. The zero-order valence-electron chi connectivity index (χ0n) is 10.0. The zero-order chi connectivity index (χ0) is 12.4. The lowest BCUT2D eigenvalue weighted by Crippen LogP contribution is -2.22. The molecule has 0 atom stereocenters. The SMILES string of the molecule is O=C(CC1CC1)NCc1ccc(-c2ccco2)o1. The Morgan fingerprint density at radius 1 is 1.28 bits per heavy atom. The van der Waals surface area contributed by atoms with Crippen molar-refractivity contribution in [1.82, 2.24) is 5.32 Å². The maximum atomic E-state index is 11.5. The topological polar surface area (TPSA) is 55.4 Å². The molecular formula is C14H15NO3. The molecule has 1 saturated carbocycles. The molecule has 0 saturated heterocycles. The summed E-state index contributed by atoms with van der Waals surface area (Å²) >= 11 is 0. The Bertz CT molecular complexity index is 523. The maximum Gasteiger partial charge on any atom is 0.220 e. The minimum absolute atomic E-state index is 0.105. The second-order valence-electron chi connectivity index (χ2n) is 4.67. The van der Waals surface area contributed by atoms with Crippen molar-refractivity contribution in [3.8, 4) is 11.5 Å². The molecule has 0 radical (unpaired) electrons. The second kappa shape index (κ2) is 4.72. The van der Waals surface area contributed by atoms with Gasteiger partial charge in [0.2, 0.25) is 5.91 Å². The fourth-order valence-electron chi connectivity index (χ4n) is 1.87. The quantitative estimate of drug-likeness (QED) is 0.881. The van der Waals surface area contributed by atoms with Crippen LogP contribution in [0.15, 0.2) is 39.4 Å². The van der Waals surface area contributed by atoms with E-state index in [1.54, 1.807) is 6.26 Å². The highest BCUT2D eigenvalue weighted by Gasteiger charge is 2.24. The molecule has 1 amide bonds. The van der Waals surface area contributed by atoms with Crippen LogP contribution in [0.4, 0.5) is 0 Å². The monoisotopic (exact) mass is 245 g/mol. The van der Waals surface area contributed by atoms with Crippen molar-refractivity contribution in [1.29, 1.82) is 0 Å². The summed E-state index contributed by atoms with van der Waals surface area (Å²) in [5.41, 5.74) is 0. The molecule has 1 fully saturated rings. The number of carbonyl (C=O) groups excluding carboxylic acids is 1. The predicted molar refractivity (Wildman–Crippen MR) is 65.6 cm³/mol. The predicted octanol–water partition coefficient (Wildman–Crippen LogP) is 2.96. The molecule has 0 aliphatic heterocycles. The molecule has 0 aromatic carbocycles. The average Bonchev–Trinajstić information content (AvgIpc) is 2.87. The van der Waals surface area contributed by atoms with Gasteiger partial charge in [0.05, 0.1) is 12.8 Å². The van der Waals surface area contributed by atoms with Crippen LogP contribution in [0.3, 0.4) is 0 Å². The van der Waals surface area contributed by atoms with Gasteiger partial charge in [0.25, 0.3) is 0 Å². The third-order valence-corrected chi connectivity index (χ3v) is 3.06. The Kier molecular flexibility index (Phi) is 2.92. The van der Waals surface area contributed by atoms with E-state index in [-0.39, 0.29) is 5.91 Å². The molecule has 18 heavy (non-hydrogen) atoms. The number of rotatable bonds is 5. The first-order valence-corrected chi connectivity index (χ1v) is 6.20. The third kappa shape index (κ3) is 2.64. The van der Waals surface area contributed by atoms with Crippen LogP contribution in [-0.2, 0) is 11.3 Å². The number of amides is 1. The van der Waals surface area contributed by atoms with E-state index in [0.29, 0.717) is 30.4 Å². The molecule has 0 bridgehead atoms. The summed E-state index contributed by atoms with van der Waals surface area (Å²) in [6.07, 6.45) is 4.63. The lowest BCUT2D eigenvalue weighted by Gasteiger charge is -2.01. The molecule has 2 heterocycles. The van der Waals surface area contributed by atoms with Crippen molar-refractivity contribution in [3.05, 3.63) is 36.3 Å². The molecule has 0 unspecified atom stereocenters. The third-order valence-electron chi connectivity index (χ3n) is 3.06. The van der Waals surface area contributed by atoms with Gasteiger partial charge in [-0.3, -0.25) is 4.79 Å². The number of hydrogen-bond donors (Lipinski definition) is 1. The van der Waals surface area contributed by atoms with Crippen molar-refractivity contribution in [2.45, 2.75) is 25.8 Å². The van der Waals surface area contributed by atoms with E-state index < -0.39 is 0 Å². The minimum Gasteiger partial charge on any atom is -0.461 e. The number of carbonyl (C=O) groups is 1. The molecule has 4 nitrogen and oxygen atoms in total. The van der Waals surface area contributed by atoms with Crippen LogP contribution in [-0.4, -0.2) is 5.91 Å². The van der Waals surface area contributed by atoms with E-state index in [1.807, 2.05) is 24.3 Å². The first kappa shape index (κ1) is 11.1. The first-order chi connectivity index (χ1) is 8.81. The van der Waals surface area contributed by atoms with Crippen LogP contribution >= 0.6 is 0 Å². The van der Waals surface area contributed by atoms with Gasteiger partial charge < -0.3 is 14.2 Å². The number of nitrogens with one attached hydrogen (secondary N) is 1. The van der Waals surface area contributed by atoms with Crippen LogP contribution in [0.5, 0.6) is 0 Å². The highest BCUT2D eigenvalue weighted by molar-refractivity contribution is 5.76. The summed E-state index contributed by atoms with van der Waals surface area (Å²) in [7, 11) is 0. The van der Waals surface area contributed by atoms with Gasteiger partial charge in [-0.15, -0.1) is 0 Å². The Hall–Kier alpha value is -1.97. The second-order valence-corrected chi connectivity index (χ2v) is 4.67. The molecule has 3 rings (SSSR count). The Morgan fingerprint density at radius 2 is 2.17 bits per heavy atom. The van der Waals surface area contributed by atoms with E-state index in [4.69, 9.17) is 8.83 Å². The molecule has 4 heteroatoms. The summed E-state index contributed by atoms with van der Waals surface area (Å²) in [6.45, 7) is 0.437. The molecule has 0 spiro atoms. The fraction of sp³-hybridized carbons (Fsp3) is 0.357. The summed E-state index contributed by atoms with van der Waals surface area (Å²) in [5.74, 6) is 2.84. The normalized spacial score (nSPS) is 14.7. The van der Waals surface area contributed by atoms with Gasteiger partial charge in [-0.2, -0.15) is 0 Å². The summed E-state index contributed by atoms with van der Waals surface area (Å²) in [4.78, 5) is 11.5. The minimum atomic E-state index is 0.105. The van der Waals surface area contributed by atoms with Crippen molar-refractivity contribution < 1.29 is 13.6 Å². The van der Waals surface area contributed by atoms with E-state index in [1.165, 1.54) is 12.8 Å². The molecular weight excluding hydrogens is 230 g/mol. The van der Waals surface area contributed by atoms with Gasteiger partial charge in [0.1, 0.15) is 5.76 Å². The van der Waals surface area contributed by atoms with Crippen LogP contribution in [0, 0.1) is 5.92 Å². The largest absolute Gasteiger partial charge is 0.461 e.